The van der Waals surface area contributed by atoms with Gasteiger partial charge in [-0.2, -0.15) is 0 Å². The number of hydrogen-bond acceptors (Lipinski definition) is 3. The van der Waals surface area contributed by atoms with Crippen molar-refractivity contribution in [3.63, 3.8) is 0 Å². The largest absolute Gasteiger partial charge is 0.481 e. The first-order valence-electron chi connectivity index (χ1n) is 8.92. The van der Waals surface area contributed by atoms with Gasteiger partial charge in [-0.15, -0.1) is 0 Å². The van der Waals surface area contributed by atoms with Gasteiger partial charge in [0.05, 0.1) is 12.2 Å². The van der Waals surface area contributed by atoms with E-state index in [-0.39, 0.29) is 17.9 Å². The first-order chi connectivity index (χ1) is 11.0. The highest BCUT2D eigenvalue weighted by Gasteiger charge is 2.38. The maximum atomic E-state index is 10.5. The van der Waals surface area contributed by atoms with E-state index in [0.717, 1.165) is 51.4 Å². The third-order valence-corrected chi connectivity index (χ3v) is 4.71. The van der Waals surface area contributed by atoms with Crippen molar-refractivity contribution in [3.8, 4) is 0 Å². The molecule has 0 bridgehead atoms. The first-order valence-corrected chi connectivity index (χ1v) is 8.92. The molecule has 0 radical (unpaired) electrons. The zero-order chi connectivity index (χ0) is 17.1. The number of aliphatic hydroxyl groups excluding tert-OH is 2. The number of aliphatic hydroxyl groups is 2. The Morgan fingerprint density at radius 2 is 2.13 bits per heavy atom. The molecule has 3 atom stereocenters. The van der Waals surface area contributed by atoms with Crippen molar-refractivity contribution < 1.29 is 20.1 Å². The van der Waals surface area contributed by atoms with Gasteiger partial charge >= 0.3 is 5.97 Å². The summed E-state index contributed by atoms with van der Waals surface area (Å²) in [5.41, 5.74) is -0.267. The second kappa shape index (κ2) is 10.6. The highest BCUT2D eigenvalue weighted by molar-refractivity contribution is 5.66. The molecule has 1 aliphatic carbocycles. The summed E-state index contributed by atoms with van der Waals surface area (Å²) in [4.78, 5) is 10.5. The van der Waals surface area contributed by atoms with E-state index in [4.69, 9.17) is 5.11 Å². The highest BCUT2D eigenvalue weighted by atomic mass is 16.4. The number of aliphatic carboxylic acids is 1. The predicted molar refractivity (Wildman–Crippen MR) is 92.2 cm³/mol. The van der Waals surface area contributed by atoms with Gasteiger partial charge in [0.25, 0.3) is 0 Å². The minimum Gasteiger partial charge on any atom is -0.481 e. The fourth-order valence-electron chi connectivity index (χ4n) is 3.18. The van der Waals surface area contributed by atoms with Gasteiger partial charge in [0.15, 0.2) is 0 Å². The van der Waals surface area contributed by atoms with Crippen LogP contribution in [0.15, 0.2) is 24.3 Å². The van der Waals surface area contributed by atoms with Gasteiger partial charge in [-0.3, -0.25) is 4.79 Å². The summed E-state index contributed by atoms with van der Waals surface area (Å²) in [5.74, 6) is -0.759. The maximum absolute atomic E-state index is 10.5. The Labute approximate surface area is 139 Å². The molecule has 1 fully saturated rings. The van der Waals surface area contributed by atoms with Crippen molar-refractivity contribution >= 4 is 5.97 Å². The quantitative estimate of drug-likeness (QED) is 0.399. The van der Waals surface area contributed by atoms with Crippen molar-refractivity contribution in [2.24, 2.45) is 5.41 Å². The monoisotopic (exact) mass is 324 g/mol. The fraction of sp³-hybridized carbons (Fsp3) is 0.737. The van der Waals surface area contributed by atoms with Gasteiger partial charge in [-0.1, -0.05) is 44.1 Å². The molecule has 0 heterocycles. The van der Waals surface area contributed by atoms with E-state index < -0.39 is 12.1 Å². The van der Waals surface area contributed by atoms with Crippen molar-refractivity contribution in [1.29, 1.82) is 0 Å². The van der Waals surface area contributed by atoms with E-state index in [2.05, 4.69) is 13.0 Å². The summed E-state index contributed by atoms with van der Waals surface area (Å²) >= 11 is 0. The lowest BCUT2D eigenvalue weighted by atomic mass is 9.79. The Morgan fingerprint density at radius 3 is 2.74 bits per heavy atom. The molecule has 0 saturated heterocycles. The van der Waals surface area contributed by atoms with Gasteiger partial charge in [-0.05, 0) is 44.9 Å². The summed E-state index contributed by atoms with van der Waals surface area (Å²) in [6, 6.07) is 0. The van der Waals surface area contributed by atoms with Crippen molar-refractivity contribution in [2.75, 3.05) is 0 Å². The zero-order valence-electron chi connectivity index (χ0n) is 14.3. The molecular formula is C19H32O4. The fourth-order valence-corrected chi connectivity index (χ4v) is 3.18. The molecule has 4 heteroatoms. The summed E-state index contributed by atoms with van der Waals surface area (Å²) in [7, 11) is 0. The van der Waals surface area contributed by atoms with Crippen molar-refractivity contribution in [2.45, 2.75) is 83.3 Å². The molecule has 3 unspecified atom stereocenters. The molecule has 1 rings (SSSR count). The standard InChI is InChI=1S/C19H32O4/c1-2-3-9-16(20)12-15-19(14-8-10-17(19)21)13-7-5-4-6-11-18(22)23/h5,7,12,15-17,20-21H,2-4,6,8-11,13-14H2,1H3,(H,22,23). The van der Waals surface area contributed by atoms with E-state index >= 15 is 0 Å². The van der Waals surface area contributed by atoms with Crippen LogP contribution in [0.2, 0.25) is 0 Å². The number of allylic oxidation sites excluding steroid dienone is 2. The first kappa shape index (κ1) is 19.9. The SMILES string of the molecule is CCCCC(O)C=CC1(CC=CCCCC(=O)O)CCCC1O. The van der Waals surface area contributed by atoms with E-state index in [1.54, 1.807) is 0 Å². The smallest absolute Gasteiger partial charge is 0.303 e. The van der Waals surface area contributed by atoms with Gasteiger partial charge in [0.1, 0.15) is 0 Å². The van der Waals surface area contributed by atoms with Crippen LogP contribution < -0.4 is 0 Å². The second-order valence-corrected chi connectivity index (χ2v) is 6.67. The molecule has 4 nitrogen and oxygen atoms in total. The Morgan fingerprint density at radius 1 is 1.35 bits per heavy atom. The lowest BCUT2D eigenvalue weighted by molar-refractivity contribution is -0.137. The average Bonchev–Trinajstić information content (AvgIpc) is 2.87. The predicted octanol–water partition coefficient (Wildman–Crippen LogP) is 3.83. The van der Waals surface area contributed by atoms with Crippen LogP contribution in [0.1, 0.15) is 71.1 Å². The second-order valence-electron chi connectivity index (χ2n) is 6.67. The summed E-state index contributed by atoms with van der Waals surface area (Å²) in [6.07, 6.45) is 15.1. The van der Waals surface area contributed by atoms with E-state index in [1.165, 1.54) is 0 Å². The Bertz CT molecular complexity index is 402. The number of hydrogen-bond donors (Lipinski definition) is 3. The molecule has 23 heavy (non-hydrogen) atoms. The van der Waals surface area contributed by atoms with Crippen LogP contribution in [0.25, 0.3) is 0 Å². The molecule has 1 saturated carbocycles. The minimum atomic E-state index is -0.759. The third kappa shape index (κ3) is 7.32. The number of carbonyl (C=O) groups is 1. The van der Waals surface area contributed by atoms with Crippen LogP contribution in [0.4, 0.5) is 0 Å². The molecule has 0 aromatic carbocycles. The molecule has 0 amide bonds. The average molecular weight is 324 g/mol. The van der Waals surface area contributed by atoms with Crippen LogP contribution in [-0.4, -0.2) is 33.5 Å². The van der Waals surface area contributed by atoms with Crippen LogP contribution in [-0.2, 0) is 4.79 Å². The van der Waals surface area contributed by atoms with E-state index in [0.29, 0.717) is 6.42 Å². The van der Waals surface area contributed by atoms with Crippen LogP contribution in [0, 0.1) is 5.41 Å². The molecule has 1 aliphatic rings. The molecule has 3 N–H and O–H groups in total. The van der Waals surface area contributed by atoms with E-state index in [1.807, 2.05) is 18.2 Å². The number of carboxylic acids is 1. The Kier molecular flexibility index (Phi) is 9.19. The highest BCUT2D eigenvalue weighted by Crippen LogP contribution is 2.43. The normalized spacial score (nSPS) is 26.3. The van der Waals surface area contributed by atoms with Crippen molar-refractivity contribution in [3.05, 3.63) is 24.3 Å². The number of unbranched alkanes of at least 4 members (excludes halogenated alkanes) is 2. The summed E-state index contributed by atoms with van der Waals surface area (Å²) in [6.45, 7) is 2.10. The van der Waals surface area contributed by atoms with Gasteiger partial charge in [0.2, 0.25) is 0 Å². The van der Waals surface area contributed by atoms with Gasteiger partial charge < -0.3 is 15.3 Å². The van der Waals surface area contributed by atoms with Gasteiger partial charge in [0, 0.05) is 11.8 Å². The molecule has 0 aliphatic heterocycles. The zero-order valence-corrected chi connectivity index (χ0v) is 14.3. The molecular weight excluding hydrogens is 292 g/mol. The van der Waals surface area contributed by atoms with Crippen LogP contribution >= 0.6 is 0 Å². The molecule has 0 aromatic heterocycles. The summed E-state index contributed by atoms with van der Waals surface area (Å²) < 4.78 is 0. The van der Waals surface area contributed by atoms with E-state index in [9.17, 15) is 15.0 Å². The lowest BCUT2D eigenvalue weighted by Crippen LogP contribution is -2.27. The Balaban J connectivity index is 2.53. The number of carboxylic acid groups (broad SMARTS) is 1. The topological polar surface area (TPSA) is 77.8 Å². The Hall–Kier alpha value is -1.13. The molecule has 132 valence electrons. The number of rotatable bonds is 11. The molecule has 0 spiro atoms. The van der Waals surface area contributed by atoms with Crippen molar-refractivity contribution in [1.82, 2.24) is 0 Å². The summed E-state index contributed by atoms with van der Waals surface area (Å²) in [5, 5.41) is 29.0. The third-order valence-electron chi connectivity index (χ3n) is 4.71. The molecule has 0 aromatic rings. The lowest BCUT2D eigenvalue weighted by Gasteiger charge is -2.28. The minimum absolute atomic E-state index is 0.196. The maximum Gasteiger partial charge on any atom is 0.303 e. The van der Waals surface area contributed by atoms with Crippen LogP contribution in [0.3, 0.4) is 0 Å². The van der Waals surface area contributed by atoms with Crippen LogP contribution in [0.5, 0.6) is 0 Å². The van der Waals surface area contributed by atoms with Gasteiger partial charge in [-0.25, -0.2) is 0 Å².